The van der Waals surface area contributed by atoms with Crippen molar-refractivity contribution in [3.05, 3.63) is 18.0 Å². The molecule has 0 atom stereocenters. The monoisotopic (exact) mass is 222 g/mol. The molecule has 0 spiro atoms. The summed E-state index contributed by atoms with van der Waals surface area (Å²) in [5.74, 6) is -0.158. The van der Waals surface area contributed by atoms with Crippen LogP contribution in [0.3, 0.4) is 0 Å². The molecule has 0 saturated heterocycles. The topological polar surface area (TPSA) is 52.0 Å². The van der Waals surface area contributed by atoms with Crippen molar-refractivity contribution in [1.82, 2.24) is 9.78 Å². The Bertz CT molecular complexity index is 372. The third kappa shape index (κ3) is 3.36. The maximum absolute atomic E-state index is 10.8. The molecule has 1 aromatic rings. The molecule has 0 aliphatic carbocycles. The summed E-state index contributed by atoms with van der Waals surface area (Å²) in [5.41, 5.74) is 0.636. The van der Waals surface area contributed by atoms with Gasteiger partial charge in [0.25, 0.3) is 0 Å². The lowest BCUT2D eigenvalue weighted by molar-refractivity contribution is 0.575. The number of aromatic nitrogens is 2. The summed E-state index contributed by atoms with van der Waals surface area (Å²) in [6.45, 7) is 2.72. The molecule has 0 radical (unpaired) electrons. The first kappa shape index (κ1) is 10.5. The van der Waals surface area contributed by atoms with Crippen LogP contribution in [-0.2, 0) is 21.3 Å². The minimum absolute atomic E-state index is 0.158. The van der Waals surface area contributed by atoms with Gasteiger partial charge in [-0.25, -0.2) is 8.42 Å². The molecule has 0 bridgehead atoms. The van der Waals surface area contributed by atoms with Crippen LogP contribution in [-0.4, -0.2) is 18.2 Å². The first-order chi connectivity index (χ1) is 6.03. The number of nitrogens with zero attached hydrogens (tertiary/aromatic N) is 2. The summed E-state index contributed by atoms with van der Waals surface area (Å²) < 4.78 is 23.2. The maximum atomic E-state index is 10.8. The van der Waals surface area contributed by atoms with Crippen LogP contribution in [0.1, 0.15) is 19.0 Å². The van der Waals surface area contributed by atoms with Gasteiger partial charge >= 0.3 is 0 Å². The Balaban J connectivity index is 2.82. The van der Waals surface area contributed by atoms with E-state index in [-0.39, 0.29) is 5.75 Å². The van der Waals surface area contributed by atoms with Crippen molar-refractivity contribution in [2.45, 2.75) is 25.6 Å². The van der Waals surface area contributed by atoms with E-state index in [4.69, 9.17) is 10.7 Å². The minimum Gasteiger partial charge on any atom is -0.269 e. The van der Waals surface area contributed by atoms with Crippen molar-refractivity contribution < 1.29 is 8.42 Å². The zero-order chi connectivity index (χ0) is 9.90. The molecule has 74 valence electrons. The summed E-state index contributed by atoms with van der Waals surface area (Å²) in [4.78, 5) is 0. The molecule has 0 N–H and O–H groups in total. The summed E-state index contributed by atoms with van der Waals surface area (Å²) >= 11 is 0. The Labute approximate surface area is 81.9 Å². The highest BCUT2D eigenvalue weighted by molar-refractivity contribution is 8.13. The first-order valence-corrected chi connectivity index (χ1v) is 6.44. The van der Waals surface area contributed by atoms with Gasteiger partial charge in [0.1, 0.15) is 5.75 Å². The third-order valence-electron chi connectivity index (χ3n) is 1.56. The van der Waals surface area contributed by atoms with Gasteiger partial charge in [-0.1, -0.05) is 6.92 Å². The molecule has 0 aliphatic rings. The second-order valence-electron chi connectivity index (χ2n) is 2.73. The Morgan fingerprint density at radius 2 is 2.31 bits per heavy atom. The van der Waals surface area contributed by atoms with Crippen molar-refractivity contribution >= 4 is 19.7 Å². The number of hydrogen-bond donors (Lipinski definition) is 0. The smallest absolute Gasteiger partial charge is 0.238 e. The van der Waals surface area contributed by atoms with Crippen LogP contribution in [0.2, 0.25) is 0 Å². The van der Waals surface area contributed by atoms with Crippen LogP contribution >= 0.6 is 10.7 Å². The zero-order valence-corrected chi connectivity index (χ0v) is 8.85. The van der Waals surface area contributed by atoms with Crippen molar-refractivity contribution in [3.8, 4) is 0 Å². The molecule has 1 aromatic heterocycles. The summed E-state index contributed by atoms with van der Waals surface area (Å²) in [6, 6.07) is 1.66. The molecule has 0 amide bonds. The van der Waals surface area contributed by atoms with Gasteiger partial charge in [0.15, 0.2) is 0 Å². The lowest BCUT2D eigenvalue weighted by Gasteiger charge is -2.03. The first-order valence-electron chi connectivity index (χ1n) is 3.96. The molecule has 13 heavy (non-hydrogen) atoms. The van der Waals surface area contributed by atoms with Crippen LogP contribution in [0.5, 0.6) is 0 Å². The van der Waals surface area contributed by atoms with Crippen molar-refractivity contribution in [1.29, 1.82) is 0 Å². The van der Waals surface area contributed by atoms with E-state index >= 15 is 0 Å². The fraction of sp³-hybridized carbons (Fsp3) is 0.571. The van der Waals surface area contributed by atoms with E-state index in [1.165, 1.54) is 0 Å². The van der Waals surface area contributed by atoms with Gasteiger partial charge in [0, 0.05) is 23.4 Å². The van der Waals surface area contributed by atoms with Crippen molar-refractivity contribution in [2.75, 3.05) is 0 Å². The van der Waals surface area contributed by atoms with Crippen molar-refractivity contribution in [2.24, 2.45) is 0 Å². The van der Waals surface area contributed by atoms with Gasteiger partial charge in [-0.2, -0.15) is 5.10 Å². The van der Waals surface area contributed by atoms with E-state index < -0.39 is 9.05 Å². The van der Waals surface area contributed by atoms with E-state index in [1.807, 2.05) is 6.92 Å². The number of hydrogen-bond acceptors (Lipinski definition) is 3. The average molecular weight is 223 g/mol. The standard InChI is InChI=1S/C7H11ClN2O2S/c1-2-5-10-7(3-4-9-10)6-13(8,11)12/h3-4H,2,5-6H2,1H3. The van der Waals surface area contributed by atoms with E-state index in [0.29, 0.717) is 5.69 Å². The molecule has 6 heteroatoms. The zero-order valence-electron chi connectivity index (χ0n) is 7.27. The molecular formula is C7H11ClN2O2S. The van der Waals surface area contributed by atoms with E-state index in [1.54, 1.807) is 16.9 Å². The van der Waals surface area contributed by atoms with Gasteiger partial charge in [0.2, 0.25) is 9.05 Å². The van der Waals surface area contributed by atoms with Gasteiger partial charge in [-0.05, 0) is 12.5 Å². The fourth-order valence-electron chi connectivity index (χ4n) is 1.07. The molecule has 1 heterocycles. The highest BCUT2D eigenvalue weighted by Crippen LogP contribution is 2.09. The normalized spacial score (nSPS) is 11.8. The highest BCUT2D eigenvalue weighted by Gasteiger charge is 2.10. The maximum Gasteiger partial charge on any atom is 0.238 e. The Kier molecular flexibility index (Phi) is 3.33. The minimum atomic E-state index is -3.48. The van der Waals surface area contributed by atoms with Crippen LogP contribution in [0.15, 0.2) is 12.3 Å². The predicted molar refractivity (Wildman–Crippen MR) is 51.0 cm³/mol. The average Bonchev–Trinajstić information content (AvgIpc) is 2.34. The van der Waals surface area contributed by atoms with Gasteiger partial charge in [-0.3, -0.25) is 4.68 Å². The van der Waals surface area contributed by atoms with E-state index in [9.17, 15) is 8.42 Å². The number of rotatable bonds is 4. The molecule has 0 aromatic carbocycles. The Morgan fingerprint density at radius 1 is 1.62 bits per heavy atom. The number of aryl methyl sites for hydroxylation is 1. The molecule has 0 saturated carbocycles. The number of halogens is 1. The van der Waals surface area contributed by atoms with E-state index in [2.05, 4.69) is 5.10 Å². The Morgan fingerprint density at radius 3 is 2.85 bits per heavy atom. The largest absolute Gasteiger partial charge is 0.269 e. The van der Waals surface area contributed by atoms with Crippen LogP contribution in [0.25, 0.3) is 0 Å². The second-order valence-corrected chi connectivity index (χ2v) is 5.51. The third-order valence-corrected chi connectivity index (χ3v) is 2.53. The SMILES string of the molecule is CCCn1nccc1CS(=O)(=O)Cl. The predicted octanol–water partition coefficient (Wildman–Crippen LogP) is 1.36. The molecule has 0 unspecified atom stereocenters. The molecule has 1 rings (SSSR count). The van der Waals surface area contributed by atoms with Crippen molar-refractivity contribution in [3.63, 3.8) is 0 Å². The molecule has 4 nitrogen and oxygen atoms in total. The second kappa shape index (κ2) is 4.11. The van der Waals surface area contributed by atoms with Gasteiger partial charge < -0.3 is 0 Å². The lowest BCUT2D eigenvalue weighted by Crippen LogP contribution is -2.07. The van der Waals surface area contributed by atoms with Gasteiger partial charge in [0.05, 0.1) is 5.69 Å². The van der Waals surface area contributed by atoms with Crippen LogP contribution < -0.4 is 0 Å². The Hall–Kier alpha value is -0.550. The summed E-state index contributed by atoms with van der Waals surface area (Å²) in [6.07, 6.45) is 2.49. The van der Waals surface area contributed by atoms with Gasteiger partial charge in [-0.15, -0.1) is 0 Å². The van der Waals surface area contributed by atoms with Crippen LogP contribution in [0, 0.1) is 0 Å². The highest BCUT2D eigenvalue weighted by atomic mass is 35.7. The summed E-state index contributed by atoms with van der Waals surface area (Å²) in [5, 5.41) is 3.98. The molecule has 0 aliphatic heterocycles. The lowest BCUT2D eigenvalue weighted by atomic mass is 10.4. The molecule has 0 fully saturated rings. The van der Waals surface area contributed by atoms with Crippen LogP contribution in [0.4, 0.5) is 0 Å². The fourth-order valence-corrected chi connectivity index (χ4v) is 2.01. The molecular weight excluding hydrogens is 212 g/mol. The quantitative estimate of drug-likeness (QED) is 0.723. The summed E-state index contributed by atoms with van der Waals surface area (Å²) in [7, 11) is 1.65. The van der Waals surface area contributed by atoms with E-state index in [0.717, 1.165) is 13.0 Å².